The Morgan fingerprint density at radius 1 is 1.00 bits per heavy atom. The van der Waals surface area contributed by atoms with E-state index in [1.165, 1.54) is 11.0 Å². The van der Waals surface area contributed by atoms with Gasteiger partial charge in [-0.3, -0.25) is 14.4 Å². The van der Waals surface area contributed by atoms with Crippen LogP contribution in [0.3, 0.4) is 0 Å². The van der Waals surface area contributed by atoms with Crippen LogP contribution < -0.4 is 0 Å². The molecule has 3 rings (SSSR count). The highest BCUT2D eigenvalue weighted by Gasteiger charge is 2.42. The van der Waals surface area contributed by atoms with E-state index in [1.807, 2.05) is 61.5 Å². The monoisotopic (exact) mass is 433 g/mol. The molecule has 1 aliphatic heterocycles. The second-order valence-corrected chi connectivity index (χ2v) is 7.89. The van der Waals surface area contributed by atoms with Crippen molar-refractivity contribution in [2.75, 3.05) is 6.54 Å². The number of carbonyl (C=O) groups excluding carboxylic acids is 2. The zero-order chi connectivity index (χ0) is 23.1. The van der Waals surface area contributed by atoms with Crippen LogP contribution in [0.25, 0.3) is 6.08 Å². The molecule has 0 fully saturated rings. The van der Waals surface area contributed by atoms with E-state index in [2.05, 4.69) is 0 Å². The minimum Gasteiger partial charge on any atom is -0.503 e. The minimum absolute atomic E-state index is 0.0663. The van der Waals surface area contributed by atoms with E-state index in [4.69, 9.17) is 5.11 Å². The van der Waals surface area contributed by atoms with E-state index in [-0.39, 0.29) is 12.0 Å². The molecule has 1 amide bonds. The fraction of sp³-hybridized carbons (Fsp3) is 0.269. The first kappa shape index (κ1) is 23.0. The van der Waals surface area contributed by atoms with Gasteiger partial charge in [-0.05, 0) is 37.0 Å². The Bertz CT molecular complexity index is 1040. The summed E-state index contributed by atoms with van der Waals surface area (Å²) < 4.78 is 0. The summed E-state index contributed by atoms with van der Waals surface area (Å²) in [7, 11) is 0. The number of hydrogen-bond donors (Lipinski definition) is 2. The molecule has 1 atom stereocenters. The topological polar surface area (TPSA) is 94.9 Å². The molecule has 6 nitrogen and oxygen atoms in total. The normalized spacial score (nSPS) is 16.2. The molecule has 2 aromatic carbocycles. The lowest BCUT2D eigenvalue weighted by Crippen LogP contribution is -2.32. The number of hydrogen-bond acceptors (Lipinski definition) is 4. The number of unbranched alkanes of at least 4 members (excludes halogenated alkanes) is 2. The van der Waals surface area contributed by atoms with Gasteiger partial charge < -0.3 is 15.1 Å². The number of amides is 1. The highest BCUT2D eigenvalue weighted by atomic mass is 16.4. The molecule has 1 heterocycles. The molecule has 0 saturated heterocycles. The van der Waals surface area contributed by atoms with Gasteiger partial charge in [0.15, 0.2) is 11.5 Å². The van der Waals surface area contributed by atoms with Gasteiger partial charge in [0.2, 0.25) is 0 Å². The number of aliphatic carboxylic acids is 1. The van der Waals surface area contributed by atoms with Crippen LogP contribution in [0.5, 0.6) is 0 Å². The first-order chi connectivity index (χ1) is 15.4. The highest BCUT2D eigenvalue weighted by molar-refractivity contribution is 6.14. The van der Waals surface area contributed by atoms with Crippen LogP contribution in [0.1, 0.15) is 48.4 Å². The smallest absolute Gasteiger partial charge is 0.303 e. The first-order valence-electron chi connectivity index (χ1n) is 10.7. The van der Waals surface area contributed by atoms with Crippen molar-refractivity contribution in [1.29, 1.82) is 0 Å². The van der Waals surface area contributed by atoms with Gasteiger partial charge in [0.25, 0.3) is 5.91 Å². The van der Waals surface area contributed by atoms with Crippen molar-refractivity contribution in [1.82, 2.24) is 4.90 Å². The molecule has 2 aromatic rings. The van der Waals surface area contributed by atoms with Gasteiger partial charge >= 0.3 is 5.97 Å². The van der Waals surface area contributed by atoms with E-state index >= 15 is 0 Å². The summed E-state index contributed by atoms with van der Waals surface area (Å²) in [6.07, 6.45) is 4.84. The molecular weight excluding hydrogens is 406 g/mol. The fourth-order valence-electron chi connectivity index (χ4n) is 3.79. The number of nitrogens with zero attached hydrogens (tertiary/aromatic N) is 1. The molecule has 0 bridgehead atoms. The SMILES string of the molecule is Cc1ccc(C2C(C(=O)/C=C/c3ccccc3)=C(O)C(=O)N2CCCCCC(=O)O)cc1. The first-order valence-corrected chi connectivity index (χ1v) is 10.7. The number of allylic oxidation sites excluding steroid dienone is 1. The predicted octanol–water partition coefficient (Wildman–Crippen LogP) is 4.62. The van der Waals surface area contributed by atoms with Crippen LogP contribution in [0.2, 0.25) is 0 Å². The van der Waals surface area contributed by atoms with Crippen molar-refractivity contribution in [2.45, 2.75) is 38.6 Å². The number of ketones is 1. The van der Waals surface area contributed by atoms with Crippen molar-refractivity contribution in [3.05, 3.63) is 88.7 Å². The lowest BCUT2D eigenvalue weighted by atomic mass is 9.95. The van der Waals surface area contributed by atoms with Gasteiger partial charge in [-0.25, -0.2) is 0 Å². The summed E-state index contributed by atoms with van der Waals surface area (Å²) in [4.78, 5) is 38.2. The Balaban J connectivity index is 1.85. The maximum atomic E-state index is 13.1. The van der Waals surface area contributed by atoms with Crippen molar-refractivity contribution in [2.24, 2.45) is 0 Å². The molecule has 32 heavy (non-hydrogen) atoms. The van der Waals surface area contributed by atoms with Crippen LogP contribution in [-0.4, -0.2) is 39.3 Å². The molecule has 0 saturated carbocycles. The second kappa shape index (κ2) is 10.6. The van der Waals surface area contributed by atoms with Gasteiger partial charge in [-0.15, -0.1) is 0 Å². The number of benzene rings is 2. The molecule has 166 valence electrons. The summed E-state index contributed by atoms with van der Waals surface area (Å²) in [6, 6.07) is 16.2. The van der Waals surface area contributed by atoms with Crippen molar-refractivity contribution < 1.29 is 24.6 Å². The van der Waals surface area contributed by atoms with Crippen molar-refractivity contribution >= 4 is 23.7 Å². The Morgan fingerprint density at radius 3 is 2.34 bits per heavy atom. The van der Waals surface area contributed by atoms with Crippen LogP contribution in [0, 0.1) is 6.92 Å². The highest BCUT2D eigenvalue weighted by Crippen LogP contribution is 2.38. The van der Waals surface area contributed by atoms with Gasteiger partial charge in [0.05, 0.1) is 11.6 Å². The van der Waals surface area contributed by atoms with Crippen LogP contribution in [-0.2, 0) is 14.4 Å². The molecule has 1 unspecified atom stereocenters. The second-order valence-electron chi connectivity index (χ2n) is 7.89. The molecule has 6 heteroatoms. The Hall–Kier alpha value is -3.67. The average molecular weight is 434 g/mol. The van der Waals surface area contributed by atoms with E-state index in [1.54, 1.807) is 6.08 Å². The Morgan fingerprint density at radius 2 is 1.69 bits per heavy atom. The molecule has 0 aromatic heterocycles. The number of carboxylic acids is 1. The number of aliphatic hydroxyl groups is 1. The van der Waals surface area contributed by atoms with Crippen LogP contribution in [0.4, 0.5) is 0 Å². The molecular formula is C26H27NO5. The summed E-state index contributed by atoms with van der Waals surface area (Å²) in [5.74, 6) is -2.37. The maximum Gasteiger partial charge on any atom is 0.303 e. The molecule has 0 spiro atoms. The van der Waals surface area contributed by atoms with E-state index in [0.29, 0.717) is 25.8 Å². The molecule has 2 N–H and O–H groups in total. The number of aliphatic hydroxyl groups excluding tert-OH is 1. The third kappa shape index (κ3) is 5.52. The summed E-state index contributed by atoms with van der Waals surface area (Å²) in [5.41, 5.74) is 2.70. The van der Waals surface area contributed by atoms with E-state index in [9.17, 15) is 19.5 Å². The predicted molar refractivity (Wildman–Crippen MR) is 122 cm³/mol. The fourth-order valence-corrected chi connectivity index (χ4v) is 3.79. The van der Waals surface area contributed by atoms with E-state index < -0.39 is 29.5 Å². The summed E-state index contributed by atoms with van der Waals surface area (Å²) >= 11 is 0. The maximum absolute atomic E-state index is 13.1. The van der Waals surface area contributed by atoms with Crippen molar-refractivity contribution in [3.8, 4) is 0 Å². The Kier molecular flexibility index (Phi) is 7.60. The average Bonchev–Trinajstić information content (AvgIpc) is 3.03. The number of carboxylic acid groups (broad SMARTS) is 1. The standard InChI is InChI=1S/C26H27NO5/c1-18-11-14-20(15-12-18)24-23(21(28)16-13-19-8-4-2-5-9-19)25(31)26(32)27(24)17-7-3-6-10-22(29)30/h2,4-5,8-9,11-16,24,31H,3,6-7,10,17H2,1H3,(H,29,30)/b16-13+. The summed E-state index contributed by atoms with van der Waals surface area (Å²) in [5, 5.41) is 19.4. The zero-order valence-corrected chi connectivity index (χ0v) is 18.0. The lowest BCUT2D eigenvalue weighted by Gasteiger charge is -2.26. The Labute approximate surface area is 187 Å². The van der Waals surface area contributed by atoms with Crippen LogP contribution >= 0.6 is 0 Å². The largest absolute Gasteiger partial charge is 0.503 e. The summed E-state index contributed by atoms with van der Waals surface area (Å²) in [6.45, 7) is 2.27. The third-order valence-corrected chi connectivity index (χ3v) is 5.48. The van der Waals surface area contributed by atoms with Gasteiger partial charge in [-0.2, -0.15) is 0 Å². The number of rotatable bonds is 10. The van der Waals surface area contributed by atoms with Gasteiger partial charge in [0, 0.05) is 13.0 Å². The molecule has 0 radical (unpaired) electrons. The minimum atomic E-state index is -0.850. The number of carbonyl (C=O) groups is 3. The number of aryl methyl sites for hydroxylation is 1. The molecule has 1 aliphatic rings. The van der Waals surface area contributed by atoms with Gasteiger partial charge in [0.1, 0.15) is 0 Å². The van der Waals surface area contributed by atoms with Crippen LogP contribution in [0.15, 0.2) is 72.0 Å². The lowest BCUT2D eigenvalue weighted by molar-refractivity contribution is -0.137. The van der Waals surface area contributed by atoms with Gasteiger partial charge in [-0.1, -0.05) is 72.7 Å². The molecule has 0 aliphatic carbocycles. The third-order valence-electron chi connectivity index (χ3n) is 5.48. The van der Waals surface area contributed by atoms with Crippen molar-refractivity contribution in [3.63, 3.8) is 0 Å². The van der Waals surface area contributed by atoms with E-state index in [0.717, 1.165) is 16.7 Å². The zero-order valence-electron chi connectivity index (χ0n) is 18.0. The quantitative estimate of drug-likeness (QED) is 0.421.